The van der Waals surface area contributed by atoms with Gasteiger partial charge in [-0.05, 0) is 68.2 Å². The van der Waals surface area contributed by atoms with Gasteiger partial charge in [-0.3, -0.25) is 14.6 Å². The third-order valence-electron chi connectivity index (χ3n) is 6.48. The summed E-state index contributed by atoms with van der Waals surface area (Å²) in [6, 6.07) is 9.41. The maximum Gasteiger partial charge on any atom is 0.415 e. The molecule has 1 aromatic heterocycles. The molecule has 2 fully saturated rings. The van der Waals surface area contributed by atoms with Gasteiger partial charge in [0, 0.05) is 37.9 Å². The zero-order valence-electron chi connectivity index (χ0n) is 18.7. The number of primary amides is 1. The molecule has 2 aliphatic rings. The number of likely N-dealkylation sites (tertiary alicyclic amines) is 2. The molecule has 8 heteroatoms. The van der Waals surface area contributed by atoms with Crippen LogP contribution in [0.5, 0.6) is 5.75 Å². The number of rotatable bonds is 6. The van der Waals surface area contributed by atoms with Crippen molar-refractivity contribution in [2.75, 3.05) is 26.2 Å². The SMILES string of the molecule is NC(=O)c1cncc(OC(=O)N2CCC(CCc3cccc(C(=O)N4CCCC4)c3)CC2)c1. The third kappa shape index (κ3) is 5.88. The van der Waals surface area contributed by atoms with E-state index in [1.807, 2.05) is 23.1 Å². The fourth-order valence-electron chi connectivity index (χ4n) is 4.51. The molecule has 2 aromatic rings. The second kappa shape index (κ2) is 10.5. The van der Waals surface area contributed by atoms with E-state index >= 15 is 0 Å². The van der Waals surface area contributed by atoms with E-state index in [4.69, 9.17) is 10.5 Å². The summed E-state index contributed by atoms with van der Waals surface area (Å²) < 4.78 is 5.37. The first-order chi connectivity index (χ1) is 16.0. The molecule has 0 spiro atoms. The first-order valence-corrected chi connectivity index (χ1v) is 11.6. The standard InChI is InChI=1S/C25H30N4O4/c26-23(30)21-15-22(17-27-16-21)33-25(32)29-12-8-18(9-13-29)6-7-19-4-3-5-20(14-19)24(31)28-10-1-2-11-28/h3-5,14-18H,1-2,6-13H2,(H2,26,30). The highest BCUT2D eigenvalue weighted by atomic mass is 16.6. The topological polar surface area (TPSA) is 106 Å². The van der Waals surface area contributed by atoms with Crippen molar-refractivity contribution in [3.63, 3.8) is 0 Å². The summed E-state index contributed by atoms with van der Waals surface area (Å²) in [7, 11) is 0. The summed E-state index contributed by atoms with van der Waals surface area (Å²) in [6.45, 7) is 2.97. The maximum absolute atomic E-state index is 12.6. The van der Waals surface area contributed by atoms with Crippen LogP contribution < -0.4 is 10.5 Å². The van der Waals surface area contributed by atoms with Crippen molar-refractivity contribution in [2.24, 2.45) is 11.7 Å². The molecule has 33 heavy (non-hydrogen) atoms. The van der Waals surface area contributed by atoms with Gasteiger partial charge in [-0.15, -0.1) is 0 Å². The molecule has 8 nitrogen and oxygen atoms in total. The van der Waals surface area contributed by atoms with E-state index in [0.29, 0.717) is 19.0 Å². The molecule has 2 aliphatic heterocycles. The van der Waals surface area contributed by atoms with Crippen molar-refractivity contribution in [3.05, 3.63) is 59.4 Å². The lowest BCUT2D eigenvalue weighted by Gasteiger charge is -2.31. The smallest absolute Gasteiger partial charge is 0.409 e. The lowest BCUT2D eigenvalue weighted by molar-refractivity contribution is 0.0792. The van der Waals surface area contributed by atoms with Gasteiger partial charge in [-0.1, -0.05) is 12.1 Å². The van der Waals surface area contributed by atoms with Gasteiger partial charge in [0.1, 0.15) is 0 Å². The fraction of sp³-hybridized carbons (Fsp3) is 0.440. The van der Waals surface area contributed by atoms with E-state index in [-0.39, 0.29) is 17.2 Å². The number of aryl methyl sites for hydroxylation is 1. The van der Waals surface area contributed by atoms with Gasteiger partial charge in [0.2, 0.25) is 5.91 Å². The molecular formula is C25H30N4O4. The predicted octanol–water partition coefficient (Wildman–Crippen LogP) is 3.26. The van der Waals surface area contributed by atoms with Crippen LogP contribution >= 0.6 is 0 Å². The van der Waals surface area contributed by atoms with Gasteiger partial charge in [0.05, 0.1) is 11.8 Å². The Morgan fingerprint density at radius 2 is 1.73 bits per heavy atom. The summed E-state index contributed by atoms with van der Waals surface area (Å²) in [5.74, 6) is 0.249. The van der Waals surface area contributed by atoms with E-state index in [1.165, 1.54) is 24.0 Å². The number of amides is 3. The van der Waals surface area contributed by atoms with E-state index in [9.17, 15) is 14.4 Å². The summed E-state index contributed by atoms with van der Waals surface area (Å²) in [6.07, 6.45) is 8.22. The van der Waals surface area contributed by atoms with Crippen LogP contribution in [0.2, 0.25) is 0 Å². The Morgan fingerprint density at radius 3 is 2.45 bits per heavy atom. The first-order valence-electron chi connectivity index (χ1n) is 11.6. The summed E-state index contributed by atoms with van der Waals surface area (Å²) in [4.78, 5) is 43.9. The van der Waals surface area contributed by atoms with Crippen LogP contribution in [-0.2, 0) is 6.42 Å². The molecule has 0 unspecified atom stereocenters. The van der Waals surface area contributed by atoms with Crippen molar-refractivity contribution in [1.82, 2.24) is 14.8 Å². The number of hydrogen-bond donors (Lipinski definition) is 1. The predicted molar refractivity (Wildman–Crippen MR) is 123 cm³/mol. The minimum Gasteiger partial charge on any atom is -0.409 e. The number of aromatic nitrogens is 1. The lowest BCUT2D eigenvalue weighted by atomic mass is 9.90. The van der Waals surface area contributed by atoms with Gasteiger partial charge in [-0.25, -0.2) is 4.79 Å². The maximum atomic E-state index is 12.6. The van der Waals surface area contributed by atoms with Gasteiger partial charge < -0.3 is 20.3 Å². The Hall–Kier alpha value is -3.42. The molecule has 4 rings (SSSR count). The molecule has 1 aromatic carbocycles. The number of hydrogen-bond acceptors (Lipinski definition) is 5. The van der Waals surface area contributed by atoms with Crippen molar-refractivity contribution < 1.29 is 19.1 Å². The van der Waals surface area contributed by atoms with Crippen LogP contribution in [0.15, 0.2) is 42.7 Å². The zero-order valence-corrected chi connectivity index (χ0v) is 18.7. The van der Waals surface area contributed by atoms with E-state index in [2.05, 4.69) is 11.1 Å². The lowest BCUT2D eigenvalue weighted by Crippen LogP contribution is -2.40. The minimum atomic E-state index is -0.618. The van der Waals surface area contributed by atoms with E-state index < -0.39 is 12.0 Å². The second-order valence-electron chi connectivity index (χ2n) is 8.81. The highest BCUT2D eigenvalue weighted by Crippen LogP contribution is 2.24. The largest absolute Gasteiger partial charge is 0.415 e. The number of nitrogens with two attached hydrogens (primary N) is 1. The number of pyridine rings is 1. The van der Waals surface area contributed by atoms with Crippen molar-refractivity contribution >= 4 is 17.9 Å². The number of nitrogens with zero attached hydrogens (tertiary/aromatic N) is 3. The molecule has 0 atom stereocenters. The molecule has 2 N–H and O–H groups in total. The minimum absolute atomic E-state index is 0.137. The van der Waals surface area contributed by atoms with Gasteiger partial charge >= 0.3 is 6.09 Å². The molecule has 3 amide bonds. The van der Waals surface area contributed by atoms with Gasteiger partial charge in [-0.2, -0.15) is 0 Å². The Balaban J connectivity index is 1.24. The van der Waals surface area contributed by atoms with Crippen LogP contribution in [0.1, 0.15) is 58.4 Å². The quantitative estimate of drug-likeness (QED) is 0.727. The van der Waals surface area contributed by atoms with Crippen molar-refractivity contribution in [3.8, 4) is 5.75 Å². The van der Waals surface area contributed by atoms with Gasteiger partial charge in [0.25, 0.3) is 5.91 Å². The second-order valence-corrected chi connectivity index (χ2v) is 8.81. The molecule has 0 bridgehead atoms. The molecule has 3 heterocycles. The highest BCUT2D eigenvalue weighted by Gasteiger charge is 2.25. The molecular weight excluding hydrogens is 420 g/mol. The number of benzene rings is 1. The van der Waals surface area contributed by atoms with Crippen LogP contribution in [0.4, 0.5) is 4.79 Å². The number of carbonyl (C=O) groups excluding carboxylic acids is 3. The Labute approximate surface area is 193 Å². The molecule has 0 saturated carbocycles. The highest BCUT2D eigenvalue weighted by molar-refractivity contribution is 5.94. The summed E-state index contributed by atoms with van der Waals surface area (Å²) in [5.41, 5.74) is 7.41. The monoisotopic (exact) mass is 450 g/mol. The summed E-state index contributed by atoms with van der Waals surface area (Å²) >= 11 is 0. The van der Waals surface area contributed by atoms with Crippen LogP contribution in [-0.4, -0.2) is 58.9 Å². The van der Waals surface area contributed by atoms with E-state index in [1.54, 1.807) is 4.90 Å². The molecule has 0 aliphatic carbocycles. The Morgan fingerprint density at radius 1 is 0.970 bits per heavy atom. The molecule has 2 saturated heterocycles. The number of piperidine rings is 1. The van der Waals surface area contributed by atoms with Crippen LogP contribution in [0.25, 0.3) is 0 Å². The zero-order chi connectivity index (χ0) is 23.2. The summed E-state index contributed by atoms with van der Waals surface area (Å²) in [5, 5.41) is 0. The number of ether oxygens (including phenoxy) is 1. The van der Waals surface area contributed by atoms with Gasteiger partial charge in [0.15, 0.2) is 5.75 Å². The fourth-order valence-corrected chi connectivity index (χ4v) is 4.51. The van der Waals surface area contributed by atoms with Crippen LogP contribution in [0, 0.1) is 5.92 Å². The van der Waals surface area contributed by atoms with E-state index in [0.717, 1.165) is 57.2 Å². The molecule has 174 valence electrons. The Kier molecular flexibility index (Phi) is 7.22. The third-order valence-corrected chi connectivity index (χ3v) is 6.48. The van der Waals surface area contributed by atoms with Crippen molar-refractivity contribution in [1.29, 1.82) is 0 Å². The normalized spacial score (nSPS) is 16.6. The Bertz CT molecular complexity index is 1010. The average Bonchev–Trinajstić information content (AvgIpc) is 3.38. The number of carbonyl (C=O) groups is 3. The average molecular weight is 451 g/mol. The van der Waals surface area contributed by atoms with Crippen LogP contribution in [0.3, 0.4) is 0 Å². The van der Waals surface area contributed by atoms with Crippen molar-refractivity contribution in [2.45, 2.75) is 38.5 Å². The molecule has 0 radical (unpaired) electrons. The first kappa shape index (κ1) is 22.8.